The van der Waals surface area contributed by atoms with Gasteiger partial charge >= 0.3 is 0 Å². The highest BCUT2D eigenvalue weighted by atomic mass is 32.1. The van der Waals surface area contributed by atoms with Crippen molar-refractivity contribution in [1.82, 2.24) is 20.2 Å². The third-order valence-corrected chi connectivity index (χ3v) is 3.84. The van der Waals surface area contributed by atoms with Gasteiger partial charge in [0.25, 0.3) is 0 Å². The Bertz CT molecular complexity index is 689. The van der Waals surface area contributed by atoms with Crippen LogP contribution < -0.4 is 5.32 Å². The van der Waals surface area contributed by atoms with Crippen LogP contribution in [-0.4, -0.2) is 20.2 Å². The van der Waals surface area contributed by atoms with Crippen molar-refractivity contribution in [2.45, 2.75) is 19.9 Å². The van der Waals surface area contributed by atoms with Crippen LogP contribution in [0.2, 0.25) is 0 Å². The molecule has 1 unspecified atom stereocenters. The van der Waals surface area contributed by atoms with Gasteiger partial charge in [-0.05, 0) is 64.9 Å². The molecule has 0 saturated carbocycles. The van der Waals surface area contributed by atoms with Crippen LogP contribution in [0.1, 0.15) is 24.4 Å². The normalized spacial score (nSPS) is 12.3. The van der Waals surface area contributed by atoms with Gasteiger partial charge in [0.15, 0.2) is 5.82 Å². The number of hydrogen-bond acceptors (Lipinski definition) is 5. The van der Waals surface area contributed by atoms with E-state index in [2.05, 4.69) is 44.6 Å². The lowest BCUT2D eigenvalue weighted by atomic mass is 10.1. The number of rotatable bonds is 4. The molecule has 3 rings (SSSR count). The predicted octanol–water partition coefficient (Wildman–Crippen LogP) is 3.21. The molecule has 1 atom stereocenters. The van der Waals surface area contributed by atoms with Crippen molar-refractivity contribution < 1.29 is 0 Å². The van der Waals surface area contributed by atoms with Crippen molar-refractivity contribution in [1.29, 1.82) is 0 Å². The summed E-state index contributed by atoms with van der Waals surface area (Å²) in [6, 6.07) is 10.5. The molecule has 102 valence electrons. The lowest BCUT2D eigenvalue weighted by Gasteiger charge is -2.15. The van der Waals surface area contributed by atoms with Crippen LogP contribution in [0, 0.1) is 6.92 Å². The van der Waals surface area contributed by atoms with Crippen LogP contribution in [0.4, 0.5) is 5.69 Å². The quantitative estimate of drug-likeness (QED) is 0.799. The molecule has 5 nitrogen and oxygen atoms in total. The van der Waals surface area contributed by atoms with Gasteiger partial charge in [0, 0.05) is 11.7 Å². The molecule has 2 heterocycles. The number of nitrogens with one attached hydrogen (secondary N) is 1. The van der Waals surface area contributed by atoms with E-state index in [-0.39, 0.29) is 6.04 Å². The Morgan fingerprint density at radius 3 is 2.90 bits per heavy atom. The highest BCUT2D eigenvalue weighted by molar-refractivity contribution is 7.07. The molecule has 0 amide bonds. The second kappa shape index (κ2) is 5.42. The van der Waals surface area contributed by atoms with E-state index < -0.39 is 0 Å². The number of benzene rings is 1. The van der Waals surface area contributed by atoms with Crippen molar-refractivity contribution in [3.05, 3.63) is 52.5 Å². The molecule has 0 radical (unpaired) electrons. The van der Waals surface area contributed by atoms with Gasteiger partial charge in [-0.25, -0.2) is 0 Å². The zero-order chi connectivity index (χ0) is 13.9. The van der Waals surface area contributed by atoms with Crippen molar-refractivity contribution >= 4 is 17.0 Å². The van der Waals surface area contributed by atoms with Gasteiger partial charge in [-0.15, -0.1) is 5.10 Å². The van der Waals surface area contributed by atoms with E-state index in [4.69, 9.17) is 0 Å². The Morgan fingerprint density at radius 2 is 2.20 bits per heavy atom. The topological polar surface area (TPSA) is 55.6 Å². The highest BCUT2D eigenvalue weighted by Crippen LogP contribution is 2.22. The fraction of sp³-hybridized carbons (Fsp3) is 0.214. The molecule has 0 fully saturated rings. The fourth-order valence-electron chi connectivity index (χ4n) is 2.05. The minimum Gasteiger partial charge on any atom is -0.378 e. The van der Waals surface area contributed by atoms with Crippen molar-refractivity contribution in [2.24, 2.45) is 0 Å². The zero-order valence-corrected chi connectivity index (χ0v) is 12.1. The minimum absolute atomic E-state index is 0.270. The summed E-state index contributed by atoms with van der Waals surface area (Å²) in [5.74, 6) is 0.771. The van der Waals surface area contributed by atoms with Crippen LogP contribution in [-0.2, 0) is 0 Å². The third kappa shape index (κ3) is 2.55. The van der Waals surface area contributed by atoms with E-state index >= 15 is 0 Å². The number of aryl methyl sites for hydroxylation is 1. The lowest BCUT2D eigenvalue weighted by Crippen LogP contribution is -2.06. The van der Waals surface area contributed by atoms with Crippen LogP contribution in [0.15, 0.2) is 41.1 Å². The minimum atomic E-state index is 0.270. The first-order valence-corrected chi connectivity index (χ1v) is 7.32. The first-order valence-electron chi connectivity index (χ1n) is 6.38. The highest BCUT2D eigenvalue weighted by Gasteiger charge is 2.08. The second-order valence-corrected chi connectivity index (χ2v) is 5.39. The number of anilines is 1. The molecule has 2 aromatic heterocycles. The Labute approximate surface area is 121 Å². The van der Waals surface area contributed by atoms with E-state index in [1.807, 2.05) is 31.2 Å². The third-order valence-electron chi connectivity index (χ3n) is 3.14. The summed E-state index contributed by atoms with van der Waals surface area (Å²) in [6.45, 7) is 4.03. The van der Waals surface area contributed by atoms with Crippen LogP contribution in [0.25, 0.3) is 5.69 Å². The SMILES string of the molecule is Cc1nnnn1-c1cccc(NC(C)c2ccsc2)c1. The first kappa shape index (κ1) is 12.8. The molecule has 0 aliphatic rings. The maximum atomic E-state index is 3.99. The number of nitrogens with zero attached hydrogens (tertiary/aromatic N) is 4. The summed E-state index contributed by atoms with van der Waals surface area (Å²) in [5.41, 5.74) is 3.30. The van der Waals surface area contributed by atoms with E-state index in [9.17, 15) is 0 Å². The van der Waals surface area contributed by atoms with Gasteiger partial charge in [0.1, 0.15) is 0 Å². The fourth-order valence-corrected chi connectivity index (χ4v) is 2.81. The van der Waals surface area contributed by atoms with Crippen LogP contribution >= 0.6 is 11.3 Å². The number of hydrogen-bond donors (Lipinski definition) is 1. The Hall–Kier alpha value is -2.21. The molecule has 0 saturated heterocycles. The largest absolute Gasteiger partial charge is 0.378 e. The maximum absolute atomic E-state index is 3.99. The summed E-state index contributed by atoms with van der Waals surface area (Å²) >= 11 is 1.71. The Morgan fingerprint density at radius 1 is 1.30 bits per heavy atom. The monoisotopic (exact) mass is 285 g/mol. The lowest BCUT2D eigenvalue weighted by molar-refractivity contribution is 0.779. The summed E-state index contributed by atoms with van der Waals surface area (Å²) < 4.78 is 1.72. The van der Waals surface area contributed by atoms with Crippen molar-refractivity contribution in [3.63, 3.8) is 0 Å². The average Bonchev–Trinajstić information content (AvgIpc) is 3.10. The number of thiophene rings is 1. The van der Waals surface area contributed by atoms with Gasteiger partial charge in [-0.3, -0.25) is 0 Å². The molecule has 3 aromatic rings. The molecule has 6 heteroatoms. The van der Waals surface area contributed by atoms with Gasteiger partial charge < -0.3 is 5.32 Å². The van der Waals surface area contributed by atoms with Crippen LogP contribution in [0.3, 0.4) is 0 Å². The number of tetrazole rings is 1. The summed E-state index contributed by atoms with van der Waals surface area (Å²) in [6.07, 6.45) is 0. The molecule has 1 N–H and O–H groups in total. The van der Waals surface area contributed by atoms with Gasteiger partial charge in [-0.1, -0.05) is 6.07 Å². The molecule has 0 aliphatic carbocycles. The Kier molecular flexibility index (Phi) is 3.47. The summed E-state index contributed by atoms with van der Waals surface area (Å²) in [5, 5.41) is 19.3. The van der Waals surface area contributed by atoms with Gasteiger partial charge in [0.05, 0.1) is 5.69 Å². The molecular formula is C14H15N5S. The number of aromatic nitrogens is 4. The molecular weight excluding hydrogens is 270 g/mol. The molecule has 0 bridgehead atoms. The van der Waals surface area contributed by atoms with E-state index in [1.165, 1.54) is 5.56 Å². The molecule has 20 heavy (non-hydrogen) atoms. The van der Waals surface area contributed by atoms with E-state index in [0.717, 1.165) is 17.2 Å². The van der Waals surface area contributed by atoms with Crippen molar-refractivity contribution in [2.75, 3.05) is 5.32 Å². The van der Waals surface area contributed by atoms with E-state index in [0.29, 0.717) is 0 Å². The summed E-state index contributed by atoms with van der Waals surface area (Å²) in [7, 11) is 0. The molecule has 0 aliphatic heterocycles. The Balaban J connectivity index is 1.83. The smallest absolute Gasteiger partial charge is 0.153 e. The predicted molar refractivity (Wildman–Crippen MR) is 80.2 cm³/mol. The summed E-state index contributed by atoms with van der Waals surface area (Å²) in [4.78, 5) is 0. The van der Waals surface area contributed by atoms with Gasteiger partial charge in [0.2, 0.25) is 0 Å². The van der Waals surface area contributed by atoms with Crippen LogP contribution in [0.5, 0.6) is 0 Å². The van der Waals surface area contributed by atoms with Crippen molar-refractivity contribution in [3.8, 4) is 5.69 Å². The molecule has 1 aromatic carbocycles. The first-order chi connectivity index (χ1) is 9.74. The zero-order valence-electron chi connectivity index (χ0n) is 11.3. The maximum Gasteiger partial charge on any atom is 0.153 e. The van der Waals surface area contributed by atoms with E-state index in [1.54, 1.807) is 16.0 Å². The standard InChI is InChI=1S/C14H15N5S/c1-10(12-6-7-20-9-12)15-13-4-3-5-14(8-13)19-11(2)16-17-18-19/h3-10,15H,1-2H3. The van der Waals surface area contributed by atoms with Gasteiger partial charge in [-0.2, -0.15) is 16.0 Å². The molecule has 0 spiro atoms. The average molecular weight is 285 g/mol. The second-order valence-electron chi connectivity index (χ2n) is 4.61.